The van der Waals surface area contributed by atoms with E-state index >= 15 is 0 Å². The summed E-state index contributed by atoms with van der Waals surface area (Å²) in [5.74, 6) is 0.00746. The van der Waals surface area contributed by atoms with Crippen molar-refractivity contribution < 1.29 is 19.4 Å². The van der Waals surface area contributed by atoms with Crippen molar-refractivity contribution in [3.05, 3.63) is 75.8 Å². The highest BCUT2D eigenvalue weighted by Gasteiger charge is 2.21. The van der Waals surface area contributed by atoms with E-state index in [9.17, 15) is 14.7 Å². The number of imidazole rings is 1. The van der Waals surface area contributed by atoms with Gasteiger partial charge in [0.1, 0.15) is 11.3 Å². The maximum atomic E-state index is 12.7. The Balaban J connectivity index is 1.74. The van der Waals surface area contributed by atoms with E-state index in [1.165, 1.54) is 7.11 Å². The van der Waals surface area contributed by atoms with E-state index in [0.29, 0.717) is 23.1 Å². The molecular weight excluding hydrogens is 424 g/mol. The van der Waals surface area contributed by atoms with Gasteiger partial charge in [-0.1, -0.05) is 56.3 Å². The van der Waals surface area contributed by atoms with E-state index in [1.54, 1.807) is 18.2 Å². The number of carboxylic acid groups (broad SMARTS) is 1. The van der Waals surface area contributed by atoms with Gasteiger partial charge in [0.2, 0.25) is 0 Å². The molecule has 9 nitrogen and oxygen atoms in total. The maximum Gasteiger partial charge on any atom is 0.336 e. The predicted octanol–water partition coefficient (Wildman–Crippen LogP) is 3.64. The van der Waals surface area contributed by atoms with Gasteiger partial charge < -0.3 is 19.1 Å². The number of hydrogen-bond acceptors (Lipinski definition) is 6. The molecule has 2 aromatic carbocycles. The number of carboxylic acids is 1. The Morgan fingerprint density at radius 2 is 1.88 bits per heavy atom. The molecule has 0 saturated carbocycles. The van der Waals surface area contributed by atoms with E-state index in [4.69, 9.17) is 9.47 Å². The molecule has 0 amide bonds. The first kappa shape index (κ1) is 22.2. The number of ether oxygens (including phenoxy) is 2. The van der Waals surface area contributed by atoms with Gasteiger partial charge in [0, 0.05) is 19.6 Å². The second-order valence-electron chi connectivity index (χ2n) is 7.86. The van der Waals surface area contributed by atoms with Crippen molar-refractivity contribution in [2.75, 3.05) is 13.9 Å². The number of nitrogens with zero attached hydrogens (tertiary/aromatic N) is 3. The predicted molar refractivity (Wildman–Crippen MR) is 123 cm³/mol. The van der Waals surface area contributed by atoms with E-state index in [0.717, 1.165) is 17.0 Å². The minimum Gasteiger partial charge on any atom is -0.478 e. The summed E-state index contributed by atoms with van der Waals surface area (Å²) in [7, 11) is 1.50. The number of benzene rings is 2. The van der Waals surface area contributed by atoms with E-state index < -0.39 is 5.97 Å². The van der Waals surface area contributed by atoms with Crippen LogP contribution in [0.2, 0.25) is 0 Å². The molecule has 0 aliphatic rings. The zero-order valence-electron chi connectivity index (χ0n) is 18.5. The first-order chi connectivity index (χ1) is 15.9. The summed E-state index contributed by atoms with van der Waals surface area (Å²) in [5, 5.41) is 15.9. The number of nitrogens with one attached hydrogen (secondary N) is 1. The van der Waals surface area contributed by atoms with Crippen molar-refractivity contribution in [1.82, 2.24) is 19.7 Å². The number of methoxy groups -OCH3 is 1. The van der Waals surface area contributed by atoms with Crippen LogP contribution in [0.1, 0.15) is 41.5 Å². The van der Waals surface area contributed by atoms with Gasteiger partial charge in [-0.3, -0.25) is 4.79 Å². The zero-order valence-corrected chi connectivity index (χ0v) is 18.5. The molecule has 0 saturated heterocycles. The van der Waals surface area contributed by atoms with Crippen molar-refractivity contribution in [1.29, 1.82) is 0 Å². The van der Waals surface area contributed by atoms with Gasteiger partial charge in [-0.2, -0.15) is 0 Å². The Bertz CT molecular complexity index is 1360. The van der Waals surface area contributed by atoms with Crippen LogP contribution in [0.25, 0.3) is 22.2 Å². The van der Waals surface area contributed by atoms with Crippen LogP contribution < -0.4 is 10.3 Å². The Labute approximate surface area is 189 Å². The number of aromatic carboxylic acids is 1. The van der Waals surface area contributed by atoms with Crippen molar-refractivity contribution in [3.8, 4) is 17.0 Å². The fraction of sp³-hybridized carbons (Fsp3) is 0.250. The van der Waals surface area contributed by atoms with Crippen LogP contribution in [0.5, 0.6) is 5.88 Å². The molecule has 0 unspecified atom stereocenters. The lowest BCUT2D eigenvalue weighted by atomic mass is 9.98. The summed E-state index contributed by atoms with van der Waals surface area (Å²) in [6.07, 6.45) is 0. The summed E-state index contributed by atoms with van der Waals surface area (Å²) in [6.45, 7) is 4.39. The van der Waals surface area contributed by atoms with Gasteiger partial charge >= 0.3 is 5.97 Å². The number of aromatic amines is 1. The molecular formula is C24H24N4O5. The first-order valence-corrected chi connectivity index (χ1v) is 10.4. The first-order valence-electron chi connectivity index (χ1n) is 10.4. The van der Waals surface area contributed by atoms with E-state index in [2.05, 4.69) is 15.2 Å². The molecule has 4 aromatic rings. The van der Waals surface area contributed by atoms with Crippen LogP contribution in [0.15, 0.2) is 53.3 Å². The van der Waals surface area contributed by atoms with Gasteiger partial charge in [0.25, 0.3) is 11.4 Å². The summed E-state index contributed by atoms with van der Waals surface area (Å²) in [4.78, 5) is 28.9. The second-order valence-corrected chi connectivity index (χ2v) is 7.86. The molecule has 9 heteroatoms. The van der Waals surface area contributed by atoms with Crippen LogP contribution in [0, 0.1) is 0 Å². The number of H-pyrrole nitrogens is 1. The van der Waals surface area contributed by atoms with Gasteiger partial charge in [-0.05, 0) is 22.8 Å². The standard InChI is InChI=1S/C24H24N4O5/c1-14(2)21-25-19-20(22(29)26-27-23(19)33-13-32-3)28(21)12-15-8-10-16(11-9-15)17-6-4-5-7-18(17)24(30)31/h4-11,14H,12-13H2,1-3H3,(H,26,29)(H,30,31). The smallest absolute Gasteiger partial charge is 0.336 e. The van der Waals surface area contributed by atoms with Gasteiger partial charge in [0.15, 0.2) is 12.3 Å². The van der Waals surface area contributed by atoms with Crippen molar-refractivity contribution in [3.63, 3.8) is 0 Å². The quantitative estimate of drug-likeness (QED) is 0.395. The molecule has 2 heterocycles. The third kappa shape index (κ3) is 4.35. The minimum absolute atomic E-state index is 0.0166. The molecule has 2 aromatic heterocycles. The van der Waals surface area contributed by atoms with Gasteiger partial charge in [-0.25, -0.2) is 14.9 Å². The highest BCUT2D eigenvalue weighted by Crippen LogP contribution is 2.27. The monoisotopic (exact) mass is 448 g/mol. The number of carbonyl (C=O) groups is 1. The molecule has 0 bridgehead atoms. The van der Waals surface area contributed by atoms with Crippen LogP contribution in [0.3, 0.4) is 0 Å². The highest BCUT2D eigenvalue weighted by molar-refractivity contribution is 5.96. The molecule has 2 N–H and O–H groups in total. The fourth-order valence-corrected chi connectivity index (χ4v) is 3.77. The normalized spacial score (nSPS) is 11.3. The average Bonchev–Trinajstić information content (AvgIpc) is 3.20. The van der Waals surface area contributed by atoms with Crippen LogP contribution in [-0.4, -0.2) is 44.7 Å². The Kier molecular flexibility index (Phi) is 6.23. The lowest BCUT2D eigenvalue weighted by Crippen LogP contribution is -2.16. The van der Waals surface area contributed by atoms with Crippen molar-refractivity contribution >= 4 is 17.0 Å². The second kappa shape index (κ2) is 9.25. The number of aromatic nitrogens is 4. The number of hydrogen-bond donors (Lipinski definition) is 2. The van der Waals surface area contributed by atoms with E-state index in [1.807, 2.05) is 48.7 Å². The highest BCUT2D eigenvalue weighted by atomic mass is 16.7. The molecule has 0 atom stereocenters. The summed E-state index contributed by atoms with van der Waals surface area (Å²) >= 11 is 0. The largest absolute Gasteiger partial charge is 0.478 e. The molecule has 0 fully saturated rings. The molecule has 0 aliphatic carbocycles. The molecule has 170 valence electrons. The van der Waals surface area contributed by atoms with E-state index in [-0.39, 0.29) is 29.7 Å². The van der Waals surface area contributed by atoms with Crippen molar-refractivity contribution in [2.24, 2.45) is 0 Å². The Morgan fingerprint density at radius 3 is 2.55 bits per heavy atom. The Morgan fingerprint density at radius 1 is 1.15 bits per heavy atom. The summed E-state index contributed by atoms with van der Waals surface area (Å²) in [6, 6.07) is 14.5. The van der Waals surface area contributed by atoms with Gasteiger partial charge in [-0.15, -0.1) is 5.10 Å². The fourth-order valence-electron chi connectivity index (χ4n) is 3.77. The molecule has 33 heavy (non-hydrogen) atoms. The zero-order chi connectivity index (χ0) is 23.5. The number of fused-ring (bicyclic) bond motifs is 1. The summed E-state index contributed by atoms with van der Waals surface area (Å²) < 4.78 is 12.3. The van der Waals surface area contributed by atoms with Gasteiger partial charge in [0.05, 0.1) is 5.56 Å². The van der Waals surface area contributed by atoms with Crippen LogP contribution >= 0.6 is 0 Å². The average molecular weight is 448 g/mol. The lowest BCUT2D eigenvalue weighted by molar-refractivity contribution is 0.0482. The molecule has 0 radical (unpaired) electrons. The maximum absolute atomic E-state index is 12.7. The SMILES string of the molecule is COCOc1n[nH]c(=O)c2c1nc(C(C)C)n2Cc1ccc(-c2ccccc2C(=O)O)cc1. The van der Waals surface area contributed by atoms with Crippen LogP contribution in [0.4, 0.5) is 0 Å². The topological polar surface area (TPSA) is 119 Å². The number of rotatable bonds is 8. The third-order valence-electron chi connectivity index (χ3n) is 5.27. The van der Waals surface area contributed by atoms with Crippen LogP contribution in [-0.2, 0) is 11.3 Å². The lowest BCUT2D eigenvalue weighted by Gasteiger charge is -2.12. The molecule has 0 aliphatic heterocycles. The molecule has 4 rings (SSSR count). The molecule has 0 spiro atoms. The van der Waals surface area contributed by atoms with Crippen molar-refractivity contribution in [2.45, 2.75) is 26.3 Å². The third-order valence-corrected chi connectivity index (χ3v) is 5.27. The Hall–Kier alpha value is -3.98. The summed E-state index contributed by atoms with van der Waals surface area (Å²) in [5.41, 5.74) is 3.02. The minimum atomic E-state index is -0.972.